The highest BCUT2D eigenvalue weighted by Crippen LogP contribution is 2.43. The van der Waals surface area contributed by atoms with Crippen LogP contribution in [0.25, 0.3) is 0 Å². The molecule has 0 unspecified atom stereocenters. The molecule has 0 saturated carbocycles. The summed E-state index contributed by atoms with van der Waals surface area (Å²) in [5.41, 5.74) is 7.68. The molecule has 0 bridgehead atoms. The summed E-state index contributed by atoms with van der Waals surface area (Å²) in [5.74, 6) is 0. The molecule has 4 atom stereocenters. The van der Waals surface area contributed by atoms with Crippen molar-refractivity contribution in [1.82, 2.24) is 0 Å². The molecule has 10 rings (SSSR count). The molecule has 10 aromatic rings. The van der Waals surface area contributed by atoms with Gasteiger partial charge < -0.3 is 28.4 Å². The first-order valence-electron chi connectivity index (χ1n) is 26.9. The molecule has 6 heteroatoms. The van der Waals surface area contributed by atoms with Gasteiger partial charge in [0.1, 0.15) is 35.6 Å². The molecule has 0 N–H and O–H groups in total. The first-order valence-corrected chi connectivity index (χ1v) is 26.9. The molecule has 0 aromatic heterocycles. The molecule has 0 spiro atoms. The Labute approximate surface area is 460 Å². The average Bonchev–Trinajstić information content (AvgIpc) is 3.56. The van der Waals surface area contributed by atoms with Crippen molar-refractivity contribution in [2.45, 2.75) is 62.0 Å². The summed E-state index contributed by atoms with van der Waals surface area (Å²) in [6.07, 6.45) is -3.20. The van der Waals surface area contributed by atoms with Gasteiger partial charge in [-0.15, -0.1) is 0 Å². The van der Waals surface area contributed by atoms with Gasteiger partial charge in [0.25, 0.3) is 0 Å². The third-order valence-corrected chi connectivity index (χ3v) is 14.3. The fourth-order valence-corrected chi connectivity index (χ4v) is 10.3. The lowest BCUT2D eigenvalue weighted by molar-refractivity contribution is -0.215. The topological polar surface area (TPSA) is 55.4 Å². The highest BCUT2D eigenvalue weighted by Gasteiger charge is 2.45. The molecule has 0 aliphatic rings. The average molecular weight is 1030 g/mol. The SMILES string of the molecule is c1ccc(CO[C@@H]([C@H](OCc2ccccc2)[C@@H](COC(c2ccccc2)(c2ccccc2)c2ccccc2)OCc2ccccc2)[C@@H](COC(c2ccccc2)(c2ccccc2)c2ccccc2)OCc2ccccc2)cc1. The van der Waals surface area contributed by atoms with Crippen molar-refractivity contribution in [3.05, 3.63) is 359 Å². The lowest BCUT2D eigenvalue weighted by atomic mass is 9.80. The molecule has 0 heterocycles. The molecule has 0 aliphatic heterocycles. The van der Waals surface area contributed by atoms with Crippen LogP contribution in [0.15, 0.2) is 303 Å². The van der Waals surface area contributed by atoms with Gasteiger partial charge in [-0.1, -0.05) is 303 Å². The van der Waals surface area contributed by atoms with E-state index in [0.29, 0.717) is 0 Å². The van der Waals surface area contributed by atoms with E-state index in [-0.39, 0.29) is 39.6 Å². The molecule has 78 heavy (non-hydrogen) atoms. The molecule has 6 nitrogen and oxygen atoms in total. The molecule has 390 valence electrons. The predicted molar refractivity (Wildman–Crippen MR) is 310 cm³/mol. The fraction of sp³-hybridized carbons (Fsp3) is 0.167. The Morgan fingerprint density at radius 3 is 0.603 bits per heavy atom. The number of rotatable bonds is 27. The monoisotopic (exact) mass is 1030 g/mol. The zero-order valence-electron chi connectivity index (χ0n) is 43.9. The van der Waals surface area contributed by atoms with Crippen LogP contribution in [0.4, 0.5) is 0 Å². The van der Waals surface area contributed by atoms with Crippen LogP contribution >= 0.6 is 0 Å². The summed E-state index contributed by atoms with van der Waals surface area (Å²) in [5, 5.41) is 0. The van der Waals surface area contributed by atoms with Gasteiger partial charge in [0.2, 0.25) is 0 Å². The van der Waals surface area contributed by atoms with Gasteiger partial charge in [0.05, 0.1) is 39.6 Å². The molecular weight excluding hydrogens is 961 g/mol. The van der Waals surface area contributed by atoms with E-state index in [1.165, 1.54) is 0 Å². The maximum atomic E-state index is 7.75. The lowest BCUT2D eigenvalue weighted by Crippen LogP contribution is -2.53. The van der Waals surface area contributed by atoms with Crippen molar-refractivity contribution >= 4 is 0 Å². The second-order valence-electron chi connectivity index (χ2n) is 19.4. The van der Waals surface area contributed by atoms with Gasteiger partial charge in [-0.3, -0.25) is 0 Å². The largest absolute Gasteiger partial charge is 0.368 e. The van der Waals surface area contributed by atoms with E-state index in [1.807, 2.05) is 109 Å². The van der Waals surface area contributed by atoms with Crippen molar-refractivity contribution in [2.24, 2.45) is 0 Å². The standard InChI is InChI=1S/C72H66O6/c1-11-31-57(32-12-1)51-73-67(55-77-71(61-39-19-5-20-40-61,62-41-21-6-22-42-62)63-43-23-7-24-44-63)69(75-53-59-35-15-3-16-36-59)70(76-54-60-37-17-4-18-38-60)68(74-52-58-33-13-2-14-34-58)56-78-72(64-45-25-8-26-46-64,65-47-27-9-28-48-65)66-49-29-10-30-50-66/h1-50,67-70H,51-56H2/t67-,68-,69-,70-/m1/s1. The first kappa shape index (κ1) is 53.4. The second kappa shape index (κ2) is 27.3. The van der Waals surface area contributed by atoms with Crippen LogP contribution in [0.5, 0.6) is 0 Å². The minimum absolute atomic E-state index is 0.0738. The second-order valence-corrected chi connectivity index (χ2v) is 19.4. The summed E-state index contributed by atoms with van der Waals surface area (Å²) >= 11 is 0. The Morgan fingerprint density at radius 1 is 0.218 bits per heavy atom. The molecular formula is C72H66O6. The van der Waals surface area contributed by atoms with Crippen molar-refractivity contribution in [1.29, 1.82) is 0 Å². The number of ether oxygens (including phenoxy) is 6. The zero-order chi connectivity index (χ0) is 52.9. The first-order chi connectivity index (χ1) is 38.7. The van der Waals surface area contributed by atoms with Crippen LogP contribution in [0, 0.1) is 0 Å². The number of hydrogen-bond acceptors (Lipinski definition) is 6. The predicted octanol–water partition coefficient (Wildman–Crippen LogP) is 15.3. The summed E-state index contributed by atoms with van der Waals surface area (Å²) in [6.45, 7) is 1.18. The summed E-state index contributed by atoms with van der Waals surface area (Å²) in [6, 6.07) is 104. The lowest BCUT2D eigenvalue weighted by Gasteiger charge is -2.42. The number of benzene rings is 10. The molecule has 0 aliphatic carbocycles. The normalized spacial score (nSPS) is 13.3. The van der Waals surface area contributed by atoms with Crippen molar-refractivity contribution in [3.8, 4) is 0 Å². The van der Waals surface area contributed by atoms with E-state index in [1.54, 1.807) is 0 Å². The van der Waals surface area contributed by atoms with Crippen molar-refractivity contribution in [2.75, 3.05) is 13.2 Å². The van der Waals surface area contributed by atoms with Gasteiger partial charge in [-0.2, -0.15) is 0 Å². The van der Waals surface area contributed by atoms with Gasteiger partial charge in [0.15, 0.2) is 0 Å². The Kier molecular flexibility index (Phi) is 18.7. The molecule has 0 radical (unpaired) electrons. The third kappa shape index (κ3) is 13.2. The minimum atomic E-state index is -1.07. The van der Waals surface area contributed by atoms with Crippen molar-refractivity contribution in [3.63, 3.8) is 0 Å². The van der Waals surface area contributed by atoms with Crippen LogP contribution in [-0.4, -0.2) is 37.6 Å². The summed E-state index contributed by atoms with van der Waals surface area (Å²) in [4.78, 5) is 0. The van der Waals surface area contributed by atoms with Gasteiger partial charge in [-0.05, 0) is 55.6 Å². The molecule has 10 aromatic carbocycles. The van der Waals surface area contributed by atoms with Gasteiger partial charge >= 0.3 is 0 Å². The summed E-state index contributed by atoms with van der Waals surface area (Å²) in [7, 11) is 0. The quantitative estimate of drug-likeness (QED) is 0.0479. The Hall–Kier alpha value is -8.04. The Morgan fingerprint density at radius 2 is 0.397 bits per heavy atom. The third-order valence-electron chi connectivity index (χ3n) is 14.3. The molecule has 0 amide bonds. The van der Waals surface area contributed by atoms with Crippen LogP contribution in [0.1, 0.15) is 55.6 Å². The van der Waals surface area contributed by atoms with Crippen LogP contribution in [0.2, 0.25) is 0 Å². The number of hydrogen-bond donors (Lipinski definition) is 0. The van der Waals surface area contributed by atoms with Crippen LogP contribution < -0.4 is 0 Å². The summed E-state index contributed by atoms with van der Waals surface area (Å²) < 4.78 is 45.1. The highest BCUT2D eigenvalue weighted by atomic mass is 16.6. The van der Waals surface area contributed by atoms with Crippen molar-refractivity contribution < 1.29 is 28.4 Å². The Bertz CT molecular complexity index is 2810. The minimum Gasteiger partial charge on any atom is -0.368 e. The zero-order valence-corrected chi connectivity index (χ0v) is 43.9. The van der Waals surface area contributed by atoms with E-state index < -0.39 is 35.6 Å². The van der Waals surface area contributed by atoms with Gasteiger partial charge in [-0.25, -0.2) is 0 Å². The van der Waals surface area contributed by atoms with Crippen LogP contribution in [-0.2, 0) is 66.1 Å². The Balaban J connectivity index is 1.15. The van der Waals surface area contributed by atoms with E-state index in [9.17, 15) is 0 Å². The van der Waals surface area contributed by atoms with E-state index >= 15 is 0 Å². The fourth-order valence-electron chi connectivity index (χ4n) is 10.3. The molecule has 0 saturated heterocycles. The van der Waals surface area contributed by atoms with E-state index in [0.717, 1.165) is 55.6 Å². The smallest absolute Gasteiger partial charge is 0.143 e. The van der Waals surface area contributed by atoms with E-state index in [4.69, 9.17) is 28.4 Å². The van der Waals surface area contributed by atoms with Gasteiger partial charge in [0, 0.05) is 0 Å². The highest BCUT2D eigenvalue weighted by molar-refractivity contribution is 5.49. The molecule has 0 fully saturated rings. The maximum absolute atomic E-state index is 7.75. The van der Waals surface area contributed by atoms with Crippen LogP contribution in [0.3, 0.4) is 0 Å². The van der Waals surface area contributed by atoms with E-state index in [2.05, 4.69) is 194 Å². The maximum Gasteiger partial charge on any atom is 0.143 e.